The molecule has 2 aromatic carbocycles. The molecule has 0 bridgehead atoms. The molecule has 0 radical (unpaired) electrons. The molecule has 0 saturated heterocycles. The van der Waals surface area contributed by atoms with Crippen LogP contribution in [0.3, 0.4) is 0 Å². The Morgan fingerprint density at radius 2 is 1.76 bits per heavy atom. The molecule has 29 heavy (non-hydrogen) atoms. The molecule has 2 unspecified atom stereocenters. The highest BCUT2D eigenvalue weighted by Gasteiger charge is 2.27. The first-order chi connectivity index (χ1) is 13.7. The first-order valence-corrected chi connectivity index (χ1v) is 11.0. The van der Waals surface area contributed by atoms with Gasteiger partial charge in [0.1, 0.15) is 6.04 Å². The molecule has 0 fully saturated rings. The van der Waals surface area contributed by atoms with Gasteiger partial charge in [0, 0.05) is 27.1 Å². The zero-order valence-electron chi connectivity index (χ0n) is 16.7. The summed E-state index contributed by atoms with van der Waals surface area (Å²) in [7, 11) is 0. The van der Waals surface area contributed by atoms with Crippen LogP contribution in [0, 0.1) is 0 Å². The van der Waals surface area contributed by atoms with E-state index in [1.807, 2.05) is 38.1 Å². The molecule has 0 aliphatic carbocycles. The Morgan fingerprint density at radius 3 is 2.34 bits per heavy atom. The standard InChI is InChI=1S/C22H25BrCl2N2O2/c1-4-14(2)26-22(29)15(3)27(13-16-5-8-18(23)9-6-16)21(28)11-17-7-10-19(24)12-20(17)25/h5-10,12,14-15H,4,11,13H2,1-3H3,(H,26,29). The number of benzene rings is 2. The number of hydrogen-bond acceptors (Lipinski definition) is 2. The number of amides is 2. The Kier molecular flexibility index (Phi) is 9.00. The molecular formula is C22H25BrCl2N2O2. The lowest BCUT2D eigenvalue weighted by Gasteiger charge is -2.30. The summed E-state index contributed by atoms with van der Waals surface area (Å²) in [5, 5.41) is 3.91. The molecule has 0 aliphatic heterocycles. The summed E-state index contributed by atoms with van der Waals surface area (Å²) in [5.41, 5.74) is 1.61. The molecule has 2 rings (SSSR count). The van der Waals surface area contributed by atoms with Gasteiger partial charge in [-0.05, 0) is 55.7 Å². The summed E-state index contributed by atoms with van der Waals surface area (Å²) in [6.07, 6.45) is 0.910. The topological polar surface area (TPSA) is 49.4 Å². The summed E-state index contributed by atoms with van der Waals surface area (Å²) >= 11 is 15.6. The summed E-state index contributed by atoms with van der Waals surface area (Å²) in [6.45, 7) is 6.02. The van der Waals surface area contributed by atoms with Crippen LogP contribution in [0.2, 0.25) is 10.0 Å². The van der Waals surface area contributed by atoms with Crippen LogP contribution in [-0.2, 0) is 22.6 Å². The number of nitrogens with one attached hydrogen (secondary N) is 1. The summed E-state index contributed by atoms with van der Waals surface area (Å²) < 4.78 is 0.953. The van der Waals surface area contributed by atoms with Crippen molar-refractivity contribution in [2.75, 3.05) is 0 Å². The van der Waals surface area contributed by atoms with Crippen molar-refractivity contribution in [3.63, 3.8) is 0 Å². The second-order valence-electron chi connectivity index (χ2n) is 7.05. The molecule has 2 amide bonds. The van der Waals surface area contributed by atoms with E-state index in [4.69, 9.17) is 23.2 Å². The Bertz CT molecular complexity index is 858. The van der Waals surface area contributed by atoms with Crippen LogP contribution in [0.1, 0.15) is 38.3 Å². The van der Waals surface area contributed by atoms with Gasteiger partial charge in [0.05, 0.1) is 6.42 Å². The van der Waals surface area contributed by atoms with Gasteiger partial charge in [-0.1, -0.05) is 64.3 Å². The first-order valence-electron chi connectivity index (χ1n) is 9.49. The van der Waals surface area contributed by atoms with Gasteiger partial charge in [0.25, 0.3) is 0 Å². The quantitative estimate of drug-likeness (QED) is 0.511. The van der Waals surface area contributed by atoms with E-state index in [1.54, 1.807) is 30.0 Å². The van der Waals surface area contributed by atoms with E-state index in [0.717, 1.165) is 16.5 Å². The first kappa shape index (κ1) is 23.7. The molecule has 7 heteroatoms. The van der Waals surface area contributed by atoms with Gasteiger partial charge < -0.3 is 10.2 Å². The van der Waals surface area contributed by atoms with Crippen molar-refractivity contribution >= 4 is 50.9 Å². The highest BCUT2D eigenvalue weighted by atomic mass is 79.9. The Morgan fingerprint density at radius 1 is 1.10 bits per heavy atom. The minimum absolute atomic E-state index is 0.0419. The van der Waals surface area contributed by atoms with E-state index in [2.05, 4.69) is 21.2 Å². The fourth-order valence-corrected chi connectivity index (χ4v) is 3.50. The molecule has 0 spiro atoms. The smallest absolute Gasteiger partial charge is 0.242 e. The van der Waals surface area contributed by atoms with Gasteiger partial charge in [-0.2, -0.15) is 0 Å². The van der Waals surface area contributed by atoms with E-state index in [1.165, 1.54) is 0 Å². The summed E-state index contributed by atoms with van der Waals surface area (Å²) in [4.78, 5) is 27.5. The molecule has 156 valence electrons. The highest BCUT2D eigenvalue weighted by molar-refractivity contribution is 9.10. The lowest BCUT2D eigenvalue weighted by molar-refractivity contribution is -0.140. The third-order valence-electron chi connectivity index (χ3n) is 4.79. The van der Waals surface area contributed by atoms with Crippen LogP contribution in [0.15, 0.2) is 46.9 Å². The average Bonchev–Trinajstić information content (AvgIpc) is 2.68. The van der Waals surface area contributed by atoms with Crippen LogP contribution in [0.25, 0.3) is 0 Å². The van der Waals surface area contributed by atoms with Crippen molar-refractivity contribution < 1.29 is 9.59 Å². The number of rotatable bonds is 8. The Balaban J connectivity index is 2.25. The third kappa shape index (κ3) is 7.02. The largest absolute Gasteiger partial charge is 0.352 e. The van der Waals surface area contributed by atoms with Crippen molar-refractivity contribution in [2.45, 2.75) is 52.2 Å². The second kappa shape index (κ2) is 11.0. The van der Waals surface area contributed by atoms with Crippen molar-refractivity contribution in [3.05, 3.63) is 68.1 Å². The Labute approximate surface area is 190 Å². The van der Waals surface area contributed by atoms with E-state index >= 15 is 0 Å². The van der Waals surface area contributed by atoms with Crippen LogP contribution >= 0.6 is 39.1 Å². The minimum Gasteiger partial charge on any atom is -0.352 e. The van der Waals surface area contributed by atoms with Gasteiger partial charge in [-0.3, -0.25) is 9.59 Å². The predicted octanol–water partition coefficient (Wildman–Crippen LogP) is 5.63. The molecule has 1 N–H and O–H groups in total. The van der Waals surface area contributed by atoms with Gasteiger partial charge >= 0.3 is 0 Å². The van der Waals surface area contributed by atoms with Crippen LogP contribution in [0.5, 0.6) is 0 Å². The fourth-order valence-electron chi connectivity index (χ4n) is 2.76. The lowest BCUT2D eigenvalue weighted by Crippen LogP contribution is -2.49. The highest BCUT2D eigenvalue weighted by Crippen LogP contribution is 2.23. The van der Waals surface area contributed by atoms with Crippen LogP contribution in [0.4, 0.5) is 0 Å². The minimum atomic E-state index is -0.619. The second-order valence-corrected chi connectivity index (χ2v) is 8.81. The van der Waals surface area contributed by atoms with Crippen molar-refractivity contribution in [3.8, 4) is 0 Å². The number of carbonyl (C=O) groups is 2. The van der Waals surface area contributed by atoms with Crippen molar-refractivity contribution in [1.82, 2.24) is 10.2 Å². The van der Waals surface area contributed by atoms with Crippen molar-refractivity contribution in [2.24, 2.45) is 0 Å². The van der Waals surface area contributed by atoms with Crippen molar-refractivity contribution in [1.29, 1.82) is 0 Å². The SMILES string of the molecule is CCC(C)NC(=O)C(C)N(Cc1ccc(Br)cc1)C(=O)Cc1ccc(Cl)cc1Cl. The third-order valence-corrected chi connectivity index (χ3v) is 5.91. The molecule has 0 aromatic heterocycles. The van der Waals surface area contributed by atoms with Crippen LogP contribution in [-0.4, -0.2) is 28.8 Å². The maximum Gasteiger partial charge on any atom is 0.242 e. The maximum absolute atomic E-state index is 13.2. The number of hydrogen-bond donors (Lipinski definition) is 1. The van der Waals surface area contributed by atoms with E-state index in [9.17, 15) is 9.59 Å². The predicted molar refractivity (Wildman–Crippen MR) is 122 cm³/mol. The van der Waals surface area contributed by atoms with Gasteiger partial charge in [0.2, 0.25) is 11.8 Å². The maximum atomic E-state index is 13.2. The van der Waals surface area contributed by atoms with Gasteiger partial charge in [-0.25, -0.2) is 0 Å². The van der Waals surface area contributed by atoms with Crippen LogP contribution < -0.4 is 5.32 Å². The average molecular weight is 500 g/mol. The summed E-state index contributed by atoms with van der Waals surface area (Å²) in [6, 6.07) is 12.2. The van der Waals surface area contributed by atoms with E-state index in [0.29, 0.717) is 22.2 Å². The molecule has 0 aliphatic rings. The molecule has 0 saturated carbocycles. The molecule has 4 nitrogen and oxygen atoms in total. The monoisotopic (exact) mass is 498 g/mol. The summed E-state index contributed by atoms with van der Waals surface area (Å²) in [5.74, 6) is -0.351. The molecule has 2 atom stereocenters. The normalized spacial score (nSPS) is 12.9. The number of halogens is 3. The van der Waals surface area contributed by atoms with E-state index < -0.39 is 6.04 Å². The number of nitrogens with zero attached hydrogens (tertiary/aromatic N) is 1. The zero-order valence-corrected chi connectivity index (χ0v) is 19.8. The fraction of sp³-hybridized carbons (Fsp3) is 0.364. The van der Waals surface area contributed by atoms with Gasteiger partial charge in [0.15, 0.2) is 0 Å². The Hall–Kier alpha value is -1.56. The lowest BCUT2D eigenvalue weighted by atomic mass is 10.1. The number of carbonyl (C=O) groups excluding carboxylic acids is 2. The van der Waals surface area contributed by atoms with Gasteiger partial charge in [-0.15, -0.1) is 0 Å². The zero-order chi connectivity index (χ0) is 21.6. The molecule has 2 aromatic rings. The van der Waals surface area contributed by atoms with E-state index in [-0.39, 0.29) is 24.3 Å². The molecule has 0 heterocycles. The molecular weight excluding hydrogens is 475 g/mol.